The third-order valence-electron chi connectivity index (χ3n) is 3.12. The Morgan fingerprint density at radius 2 is 2.06 bits per heavy atom. The summed E-state index contributed by atoms with van der Waals surface area (Å²) in [6.45, 7) is 0. The number of halogens is 2. The molecule has 1 aliphatic carbocycles. The van der Waals surface area contributed by atoms with Crippen molar-refractivity contribution >= 4 is 11.7 Å². The minimum absolute atomic E-state index is 0.00149. The Hall–Kier alpha value is -1.69. The number of benzene rings is 1. The van der Waals surface area contributed by atoms with Crippen molar-refractivity contribution in [3.8, 4) is 0 Å². The second kappa shape index (κ2) is 4.89. The maximum atomic E-state index is 13.5. The molecule has 1 aromatic rings. The SMILES string of the molecule is NC1CCC(Nc2cc(C(=O)O)c(F)cc2F)C1. The zero-order valence-corrected chi connectivity index (χ0v) is 9.62. The van der Waals surface area contributed by atoms with Crippen molar-refractivity contribution in [2.45, 2.75) is 31.3 Å². The van der Waals surface area contributed by atoms with Crippen LogP contribution in [0.15, 0.2) is 12.1 Å². The molecule has 0 bridgehead atoms. The Morgan fingerprint density at radius 1 is 1.33 bits per heavy atom. The maximum absolute atomic E-state index is 13.5. The molecule has 0 heterocycles. The van der Waals surface area contributed by atoms with Crippen LogP contribution in [-0.4, -0.2) is 23.2 Å². The van der Waals surface area contributed by atoms with Gasteiger partial charge in [-0.2, -0.15) is 0 Å². The van der Waals surface area contributed by atoms with Crippen molar-refractivity contribution in [1.29, 1.82) is 0 Å². The lowest BCUT2D eigenvalue weighted by atomic mass is 10.1. The van der Waals surface area contributed by atoms with Crippen molar-refractivity contribution in [2.75, 3.05) is 5.32 Å². The van der Waals surface area contributed by atoms with Crippen LogP contribution in [0.5, 0.6) is 0 Å². The van der Waals surface area contributed by atoms with Gasteiger partial charge in [-0.1, -0.05) is 0 Å². The van der Waals surface area contributed by atoms with Crippen LogP contribution in [-0.2, 0) is 0 Å². The van der Waals surface area contributed by atoms with Crippen molar-refractivity contribution in [3.05, 3.63) is 29.3 Å². The highest BCUT2D eigenvalue weighted by Gasteiger charge is 2.23. The molecule has 1 aromatic carbocycles. The molecule has 2 unspecified atom stereocenters. The van der Waals surface area contributed by atoms with Crippen LogP contribution in [0.2, 0.25) is 0 Å². The lowest BCUT2D eigenvalue weighted by molar-refractivity contribution is 0.0692. The average Bonchev–Trinajstić information content (AvgIpc) is 2.67. The second-order valence-corrected chi connectivity index (χ2v) is 4.53. The van der Waals surface area contributed by atoms with Gasteiger partial charge in [0, 0.05) is 18.2 Å². The van der Waals surface area contributed by atoms with Crippen LogP contribution >= 0.6 is 0 Å². The number of carboxylic acid groups (broad SMARTS) is 1. The Balaban J connectivity index is 2.22. The highest BCUT2D eigenvalue weighted by molar-refractivity contribution is 5.89. The highest BCUT2D eigenvalue weighted by atomic mass is 19.1. The quantitative estimate of drug-likeness (QED) is 0.772. The fourth-order valence-electron chi connectivity index (χ4n) is 2.19. The van der Waals surface area contributed by atoms with Gasteiger partial charge in [-0.3, -0.25) is 0 Å². The van der Waals surface area contributed by atoms with Gasteiger partial charge in [-0.15, -0.1) is 0 Å². The highest BCUT2D eigenvalue weighted by Crippen LogP contribution is 2.25. The number of hydrogen-bond donors (Lipinski definition) is 3. The number of carboxylic acids is 1. The summed E-state index contributed by atoms with van der Waals surface area (Å²) in [6.07, 6.45) is 2.33. The van der Waals surface area contributed by atoms with E-state index in [0.29, 0.717) is 12.5 Å². The van der Waals surface area contributed by atoms with E-state index in [1.165, 1.54) is 0 Å². The Labute approximate surface area is 103 Å². The molecular formula is C12H14F2N2O2. The van der Waals surface area contributed by atoms with E-state index in [1.807, 2.05) is 0 Å². The predicted octanol–water partition coefficient (Wildman–Crippen LogP) is 1.95. The minimum Gasteiger partial charge on any atom is -0.478 e. The molecule has 98 valence electrons. The van der Waals surface area contributed by atoms with Gasteiger partial charge >= 0.3 is 5.97 Å². The van der Waals surface area contributed by atoms with Gasteiger partial charge in [-0.25, -0.2) is 13.6 Å². The maximum Gasteiger partial charge on any atom is 0.338 e. The number of nitrogens with one attached hydrogen (secondary N) is 1. The molecule has 0 aromatic heterocycles. The molecule has 0 aliphatic heterocycles. The molecule has 1 aliphatic rings. The molecule has 0 saturated heterocycles. The number of nitrogens with two attached hydrogens (primary N) is 1. The third kappa shape index (κ3) is 2.59. The molecule has 4 N–H and O–H groups in total. The molecule has 6 heteroatoms. The first-order valence-corrected chi connectivity index (χ1v) is 5.72. The molecule has 4 nitrogen and oxygen atoms in total. The van der Waals surface area contributed by atoms with Gasteiger partial charge in [-0.05, 0) is 25.3 Å². The standard InChI is InChI=1S/C12H14F2N2O2/c13-9-5-10(14)11(4-8(9)12(17)18)16-7-2-1-6(15)3-7/h4-7,16H,1-3,15H2,(H,17,18). The van der Waals surface area contributed by atoms with Crippen LogP contribution in [0, 0.1) is 11.6 Å². The van der Waals surface area contributed by atoms with E-state index in [4.69, 9.17) is 10.8 Å². The molecule has 2 rings (SSSR count). The van der Waals surface area contributed by atoms with Gasteiger partial charge in [0.1, 0.15) is 11.6 Å². The van der Waals surface area contributed by atoms with Crippen LogP contribution in [0.4, 0.5) is 14.5 Å². The summed E-state index contributed by atoms with van der Waals surface area (Å²) in [7, 11) is 0. The Morgan fingerprint density at radius 3 is 2.61 bits per heavy atom. The molecular weight excluding hydrogens is 242 g/mol. The Kier molecular flexibility index (Phi) is 3.47. The molecule has 1 saturated carbocycles. The topological polar surface area (TPSA) is 75.3 Å². The minimum atomic E-state index is -1.42. The predicted molar refractivity (Wildman–Crippen MR) is 62.6 cm³/mol. The van der Waals surface area contributed by atoms with E-state index < -0.39 is 23.2 Å². The van der Waals surface area contributed by atoms with E-state index in [-0.39, 0.29) is 17.8 Å². The van der Waals surface area contributed by atoms with Gasteiger partial charge < -0.3 is 16.2 Å². The van der Waals surface area contributed by atoms with E-state index in [0.717, 1.165) is 18.9 Å². The summed E-state index contributed by atoms with van der Waals surface area (Å²) in [6, 6.07) is 1.64. The number of rotatable bonds is 3. The lowest BCUT2D eigenvalue weighted by Crippen LogP contribution is -2.21. The second-order valence-electron chi connectivity index (χ2n) is 4.53. The van der Waals surface area contributed by atoms with Crippen LogP contribution in [0.1, 0.15) is 29.6 Å². The summed E-state index contributed by atoms with van der Waals surface area (Å²) < 4.78 is 26.7. The summed E-state index contributed by atoms with van der Waals surface area (Å²) in [5.41, 5.74) is 5.20. The van der Waals surface area contributed by atoms with Gasteiger partial charge in [0.05, 0.1) is 11.3 Å². The fourth-order valence-corrected chi connectivity index (χ4v) is 2.19. The normalized spacial score (nSPS) is 23.1. The van der Waals surface area contributed by atoms with E-state index in [2.05, 4.69) is 5.32 Å². The summed E-state index contributed by atoms with van der Waals surface area (Å²) in [5.74, 6) is -3.29. The van der Waals surface area contributed by atoms with Crippen molar-refractivity contribution in [2.24, 2.45) is 5.73 Å². The molecule has 0 radical (unpaired) electrons. The number of carbonyl (C=O) groups is 1. The fraction of sp³-hybridized carbons (Fsp3) is 0.417. The molecule has 1 fully saturated rings. The van der Waals surface area contributed by atoms with Crippen LogP contribution in [0.25, 0.3) is 0 Å². The average molecular weight is 256 g/mol. The first-order chi connectivity index (χ1) is 8.47. The summed E-state index contributed by atoms with van der Waals surface area (Å²) in [5, 5.41) is 11.7. The monoisotopic (exact) mass is 256 g/mol. The summed E-state index contributed by atoms with van der Waals surface area (Å²) >= 11 is 0. The molecule has 18 heavy (non-hydrogen) atoms. The molecule has 2 atom stereocenters. The van der Waals surface area contributed by atoms with Crippen LogP contribution in [0.3, 0.4) is 0 Å². The van der Waals surface area contributed by atoms with Gasteiger partial charge in [0.25, 0.3) is 0 Å². The largest absolute Gasteiger partial charge is 0.478 e. The van der Waals surface area contributed by atoms with E-state index >= 15 is 0 Å². The number of aromatic carboxylic acids is 1. The van der Waals surface area contributed by atoms with Crippen molar-refractivity contribution < 1.29 is 18.7 Å². The number of anilines is 1. The molecule has 0 amide bonds. The first-order valence-electron chi connectivity index (χ1n) is 5.72. The first kappa shape index (κ1) is 12.8. The van der Waals surface area contributed by atoms with Crippen molar-refractivity contribution in [3.63, 3.8) is 0 Å². The van der Waals surface area contributed by atoms with E-state index in [9.17, 15) is 13.6 Å². The number of hydrogen-bond acceptors (Lipinski definition) is 3. The summed E-state index contributed by atoms with van der Waals surface area (Å²) in [4.78, 5) is 10.8. The smallest absolute Gasteiger partial charge is 0.338 e. The van der Waals surface area contributed by atoms with Crippen molar-refractivity contribution in [1.82, 2.24) is 0 Å². The third-order valence-corrected chi connectivity index (χ3v) is 3.12. The van der Waals surface area contributed by atoms with Crippen LogP contribution < -0.4 is 11.1 Å². The molecule has 0 spiro atoms. The Bertz CT molecular complexity index is 479. The van der Waals surface area contributed by atoms with E-state index in [1.54, 1.807) is 0 Å². The zero-order chi connectivity index (χ0) is 13.3. The van der Waals surface area contributed by atoms with Gasteiger partial charge in [0.2, 0.25) is 0 Å². The van der Waals surface area contributed by atoms with Gasteiger partial charge in [0.15, 0.2) is 0 Å². The zero-order valence-electron chi connectivity index (χ0n) is 9.62. The lowest BCUT2D eigenvalue weighted by Gasteiger charge is -2.15.